The van der Waals surface area contributed by atoms with Gasteiger partial charge in [-0.2, -0.15) is 0 Å². The van der Waals surface area contributed by atoms with Crippen LogP contribution < -0.4 is 5.32 Å². The van der Waals surface area contributed by atoms with Crippen molar-refractivity contribution in [2.45, 2.75) is 25.7 Å². The summed E-state index contributed by atoms with van der Waals surface area (Å²) in [4.78, 5) is 49.3. The molecule has 0 saturated heterocycles. The van der Waals surface area contributed by atoms with Crippen molar-refractivity contribution in [2.75, 3.05) is 24.3 Å². The zero-order valence-electron chi connectivity index (χ0n) is 16.3. The first-order chi connectivity index (χ1) is 13.8. The topological polar surface area (TPSA) is 98.8 Å². The number of hydrogen-bond acceptors (Lipinski definition) is 8. The highest BCUT2D eigenvalue weighted by Crippen LogP contribution is 2.34. The number of nitrogens with one attached hydrogen (secondary N) is 1. The normalized spacial score (nSPS) is 10.3. The Morgan fingerprint density at radius 2 is 1.79 bits per heavy atom. The van der Waals surface area contributed by atoms with Crippen molar-refractivity contribution in [2.24, 2.45) is 0 Å². The Hall–Kier alpha value is -2.65. The van der Waals surface area contributed by atoms with E-state index in [0.717, 1.165) is 16.2 Å². The van der Waals surface area contributed by atoms with Crippen LogP contribution >= 0.6 is 23.1 Å². The molecule has 0 fully saturated rings. The van der Waals surface area contributed by atoms with Crippen molar-refractivity contribution in [3.05, 3.63) is 46.3 Å². The van der Waals surface area contributed by atoms with Crippen molar-refractivity contribution < 1.29 is 28.7 Å². The summed E-state index contributed by atoms with van der Waals surface area (Å²) >= 11 is 2.29. The van der Waals surface area contributed by atoms with Crippen molar-refractivity contribution >= 4 is 51.7 Å². The predicted molar refractivity (Wildman–Crippen MR) is 112 cm³/mol. The Labute approximate surface area is 176 Å². The summed E-state index contributed by atoms with van der Waals surface area (Å²) in [5, 5.41) is 2.74. The number of Topliss-reactive ketones (excluding diaryl/α,β-unsaturated/α-hetero) is 1. The minimum absolute atomic E-state index is 0.0674. The van der Waals surface area contributed by atoms with Crippen molar-refractivity contribution in [1.82, 2.24) is 0 Å². The Morgan fingerprint density at radius 3 is 2.41 bits per heavy atom. The zero-order valence-corrected chi connectivity index (χ0v) is 17.9. The molecule has 154 valence electrons. The second-order valence-electron chi connectivity index (χ2n) is 5.85. The Bertz CT molecular complexity index is 907. The van der Waals surface area contributed by atoms with Gasteiger partial charge in [-0.1, -0.05) is 18.2 Å². The molecule has 1 aromatic heterocycles. The lowest BCUT2D eigenvalue weighted by Gasteiger charge is -2.08. The van der Waals surface area contributed by atoms with Crippen LogP contribution in [0.15, 0.2) is 35.2 Å². The van der Waals surface area contributed by atoms with E-state index >= 15 is 0 Å². The van der Waals surface area contributed by atoms with E-state index < -0.39 is 24.5 Å². The lowest BCUT2D eigenvalue weighted by Crippen LogP contribution is -2.22. The third-order valence-electron chi connectivity index (χ3n) is 3.66. The first kappa shape index (κ1) is 22.6. The summed E-state index contributed by atoms with van der Waals surface area (Å²) in [6.45, 7) is 4.33. The molecule has 1 N–H and O–H groups in total. The summed E-state index contributed by atoms with van der Waals surface area (Å²) in [7, 11) is 0. The van der Waals surface area contributed by atoms with Gasteiger partial charge in [0.1, 0.15) is 5.00 Å². The van der Waals surface area contributed by atoms with Crippen LogP contribution in [0.4, 0.5) is 5.00 Å². The fourth-order valence-electron chi connectivity index (χ4n) is 2.40. The lowest BCUT2D eigenvalue weighted by atomic mass is 10.1. The van der Waals surface area contributed by atoms with E-state index in [1.54, 1.807) is 13.8 Å². The molecule has 1 amide bonds. The van der Waals surface area contributed by atoms with Crippen molar-refractivity contribution in [1.29, 1.82) is 0 Å². The second-order valence-corrected chi connectivity index (χ2v) is 7.92. The molecular weight excluding hydrogens is 414 g/mol. The number of ether oxygens (including phenoxy) is 2. The maximum Gasteiger partial charge on any atom is 0.341 e. The average molecular weight is 436 g/mol. The van der Waals surface area contributed by atoms with Gasteiger partial charge in [-0.3, -0.25) is 14.4 Å². The number of anilines is 1. The van der Waals surface area contributed by atoms with E-state index in [-0.39, 0.29) is 28.7 Å². The number of carbonyl (C=O) groups excluding carboxylic acids is 4. The van der Waals surface area contributed by atoms with Crippen LogP contribution in [0.25, 0.3) is 0 Å². The van der Waals surface area contributed by atoms with E-state index in [4.69, 9.17) is 9.47 Å². The number of ketones is 1. The van der Waals surface area contributed by atoms with E-state index in [1.165, 1.54) is 18.7 Å². The molecule has 9 heteroatoms. The maximum atomic E-state index is 12.2. The molecule has 1 heterocycles. The molecule has 0 aliphatic heterocycles. The highest BCUT2D eigenvalue weighted by molar-refractivity contribution is 8.00. The van der Waals surface area contributed by atoms with Crippen molar-refractivity contribution in [3.8, 4) is 0 Å². The molecule has 7 nitrogen and oxygen atoms in total. The quantitative estimate of drug-likeness (QED) is 0.364. The number of rotatable bonds is 9. The lowest BCUT2D eigenvalue weighted by molar-refractivity contribution is -0.144. The third-order valence-corrected chi connectivity index (χ3v) is 5.96. The summed E-state index contributed by atoms with van der Waals surface area (Å²) in [5.41, 5.74) is 0.592. The zero-order chi connectivity index (χ0) is 21.4. The van der Waals surface area contributed by atoms with Gasteiger partial charge in [0.25, 0.3) is 5.91 Å². The molecule has 29 heavy (non-hydrogen) atoms. The van der Waals surface area contributed by atoms with E-state index in [2.05, 4.69) is 5.32 Å². The summed E-state index contributed by atoms with van der Waals surface area (Å²) in [6.07, 6.45) is 0. The van der Waals surface area contributed by atoms with Crippen molar-refractivity contribution in [3.63, 3.8) is 0 Å². The molecule has 0 bridgehead atoms. The minimum atomic E-state index is -0.625. The van der Waals surface area contributed by atoms with Crippen LogP contribution in [0.5, 0.6) is 0 Å². The van der Waals surface area contributed by atoms with Crippen LogP contribution in [-0.4, -0.2) is 42.6 Å². The number of benzene rings is 1. The van der Waals surface area contributed by atoms with Gasteiger partial charge in [-0.25, -0.2) is 4.79 Å². The molecule has 2 aromatic rings. The number of thioether (sulfide) groups is 1. The van der Waals surface area contributed by atoms with Gasteiger partial charge < -0.3 is 14.8 Å². The van der Waals surface area contributed by atoms with Crippen LogP contribution in [0.2, 0.25) is 0 Å². The molecule has 0 radical (unpaired) electrons. The van der Waals surface area contributed by atoms with Crippen LogP contribution in [0.3, 0.4) is 0 Å². The van der Waals surface area contributed by atoms with E-state index in [0.29, 0.717) is 10.4 Å². The number of hydrogen-bond donors (Lipinski definition) is 1. The van der Waals surface area contributed by atoms with Gasteiger partial charge in [-0.15, -0.1) is 23.1 Å². The minimum Gasteiger partial charge on any atom is -0.462 e. The van der Waals surface area contributed by atoms with Gasteiger partial charge in [0, 0.05) is 4.90 Å². The first-order valence-corrected chi connectivity index (χ1v) is 10.6. The molecule has 0 saturated carbocycles. The number of amides is 1. The average Bonchev–Trinajstić information content (AvgIpc) is 3.02. The number of carbonyl (C=O) groups is 4. The number of esters is 2. The summed E-state index contributed by atoms with van der Waals surface area (Å²) in [5.74, 6) is -1.92. The van der Waals surface area contributed by atoms with Gasteiger partial charge in [0.05, 0.1) is 22.8 Å². The molecule has 0 atom stereocenters. The second kappa shape index (κ2) is 10.8. The highest BCUT2D eigenvalue weighted by atomic mass is 32.2. The molecule has 0 aliphatic carbocycles. The van der Waals surface area contributed by atoms with Crippen LogP contribution in [0.1, 0.15) is 39.4 Å². The Balaban J connectivity index is 1.97. The SMILES string of the molecule is CCOC(=O)c1c(NC(=O)COC(=O)CSc2ccccc2)sc(C(C)=O)c1C. The Kier molecular flexibility index (Phi) is 8.41. The van der Waals surface area contributed by atoms with Gasteiger partial charge in [0.15, 0.2) is 12.4 Å². The molecule has 0 unspecified atom stereocenters. The van der Waals surface area contributed by atoms with Gasteiger partial charge in [0.2, 0.25) is 0 Å². The summed E-state index contributed by atoms with van der Waals surface area (Å²) < 4.78 is 9.99. The molecule has 0 aliphatic rings. The molecule has 2 rings (SSSR count). The summed E-state index contributed by atoms with van der Waals surface area (Å²) in [6, 6.07) is 9.34. The number of thiophene rings is 1. The molecular formula is C20H21NO6S2. The molecule has 0 spiro atoms. The standard InChI is InChI=1S/C20H21NO6S2/c1-4-26-20(25)17-12(2)18(13(3)22)29-19(17)21-15(23)10-27-16(24)11-28-14-8-6-5-7-9-14/h5-9H,4,10-11H2,1-3H3,(H,21,23). The fraction of sp³-hybridized carbons (Fsp3) is 0.300. The van der Waals surface area contributed by atoms with Crippen LogP contribution in [0, 0.1) is 6.92 Å². The fourth-order valence-corrected chi connectivity index (χ4v) is 4.22. The molecule has 1 aromatic carbocycles. The predicted octanol–water partition coefficient (Wildman–Crippen LogP) is 3.71. The monoisotopic (exact) mass is 435 g/mol. The Morgan fingerprint density at radius 1 is 1.10 bits per heavy atom. The van der Waals surface area contributed by atoms with Gasteiger partial charge in [-0.05, 0) is 38.5 Å². The highest BCUT2D eigenvalue weighted by Gasteiger charge is 2.25. The smallest absolute Gasteiger partial charge is 0.341 e. The van der Waals surface area contributed by atoms with Gasteiger partial charge >= 0.3 is 11.9 Å². The van der Waals surface area contributed by atoms with Crippen LogP contribution in [-0.2, 0) is 19.1 Å². The van der Waals surface area contributed by atoms with E-state index in [9.17, 15) is 19.2 Å². The first-order valence-electron chi connectivity index (χ1n) is 8.78. The van der Waals surface area contributed by atoms with E-state index in [1.807, 2.05) is 30.3 Å². The largest absolute Gasteiger partial charge is 0.462 e. The maximum absolute atomic E-state index is 12.2. The third kappa shape index (κ3) is 6.43.